The molecule has 0 bridgehead atoms. The maximum absolute atomic E-state index is 11.8. The highest BCUT2D eigenvalue weighted by Gasteiger charge is 2.17. The van der Waals surface area contributed by atoms with Crippen molar-refractivity contribution in [2.45, 2.75) is 25.4 Å². The number of hydrogen-bond donors (Lipinski definition) is 1. The van der Waals surface area contributed by atoms with Crippen LogP contribution in [-0.4, -0.2) is 25.2 Å². The van der Waals surface area contributed by atoms with Gasteiger partial charge in [-0.2, -0.15) is 0 Å². The van der Waals surface area contributed by atoms with Crippen LogP contribution in [-0.2, 0) is 16.0 Å². The van der Waals surface area contributed by atoms with E-state index in [4.69, 9.17) is 27.9 Å². The highest BCUT2D eigenvalue weighted by Crippen LogP contribution is 2.24. The van der Waals surface area contributed by atoms with E-state index < -0.39 is 0 Å². The predicted octanol–water partition coefficient (Wildman–Crippen LogP) is 2.83. The Morgan fingerprint density at radius 1 is 1.39 bits per heavy atom. The predicted molar refractivity (Wildman–Crippen MR) is 72.1 cm³/mol. The molecule has 98 valence electrons. The molecule has 1 amide bonds. The molecule has 1 aromatic rings. The summed E-state index contributed by atoms with van der Waals surface area (Å²) in [4.78, 5) is 11.8. The molecule has 0 saturated carbocycles. The summed E-state index contributed by atoms with van der Waals surface area (Å²) in [5.41, 5.74) is 0.672. The van der Waals surface area contributed by atoms with Crippen LogP contribution >= 0.6 is 23.2 Å². The number of ether oxygens (including phenoxy) is 1. The first-order valence-electron chi connectivity index (χ1n) is 5.98. The van der Waals surface area contributed by atoms with Crippen LogP contribution in [0.15, 0.2) is 18.2 Å². The lowest BCUT2D eigenvalue weighted by Gasteiger charge is -2.11. The van der Waals surface area contributed by atoms with Gasteiger partial charge in [-0.25, -0.2) is 0 Å². The number of halogens is 2. The van der Waals surface area contributed by atoms with Gasteiger partial charge in [0.2, 0.25) is 5.91 Å². The molecule has 0 aromatic heterocycles. The fraction of sp³-hybridized carbons (Fsp3) is 0.462. The monoisotopic (exact) mass is 287 g/mol. The van der Waals surface area contributed by atoms with Crippen molar-refractivity contribution in [2.75, 3.05) is 13.2 Å². The SMILES string of the molecule is O=C(Cc1c(Cl)cccc1Cl)NC[C@H]1CCCO1. The number of hydrogen-bond acceptors (Lipinski definition) is 2. The summed E-state index contributed by atoms with van der Waals surface area (Å²) in [6, 6.07) is 5.23. The van der Waals surface area contributed by atoms with E-state index in [0.717, 1.165) is 19.4 Å². The Hall–Kier alpha value is -0.770. The van der Waals surface area contributed by atoms with Crippen LogP contribution in [0, 0.1) is 0 Å². The lowest BCUT2D eigenvalue weighted by atomic mass is 10.1. The summed E-state index contributed by atoms with van der Waals surface area (Å²) < 4.78 is 5.43. The van der Waals surface area contributed by atoms with Crippen LogP contribution in [0.3, 0.4) is 0 Å². The lowest BCUT2D eigenvalue weighted by Crippen LogP contribution is -2.32. The molecule has 1 fully saturated rings. The van der Waals surface area contributed by atoms with Crippen molar-refractivity contribution in [3.8, 4) is 0 Å². The molecule has 3 nitrogen and oxygen atoms in total. The van der Waals surface area contributed by atoms with E-state index in [2.05, 4.69) is 5.32 Å². The van der Waals surface area contributed by atoms with Crippen LogP contribution in [0.2, 0.25) is 10.0 Å². The summed E-state index contributed by atoms with van der Waals surface area (Å²) >= 11 is 12.0. The van der Waals surface area contributed by atoms with Gasteiger partial charge in [0.1, 0.15) is 0 Å². The molecule has 0 aliphatic carbocycles. The Kier molecular flexibility index (Phi) is 4.87. The molecule has 0 spiro atoms. The van der Waals surface area contributed by atoms with Crippen molar-refractivity contribution >= 4 is 29.1 Å². The van der Waals surface area contributed by atoms with E-state index in [9.17, 15) is 4.79 Å². The molecule has 0 radical (unpaired) electrons. The van der Waals surface area contributed by atoms with Crippen LogP contribution < -0.4 is 5.32 Å². The quantitative estimate of drug-likeness (QED) is 0.925. The zero-order valence-electron chi connectivity index (χ0n) is 9.92. The normalized spacial score (nSPS) is 18.9. The second-order valence-corrected chi connectivity index (χ2v) is 5.13. The number of carbonyl (C=O) groups is 1. The van der Waals surface area contributed by atoms with E-state index in [1.54, 1.807) is 18.2 Å². The number of rotatable bonds is 4. The Labute approximate surface area is 116 Å². The van der Waals surface area contributed by atoms with E-state index in [1.165, 1.54) is 0 Å². The summed E-state index contributed by atoms with van der Waals surface area (Å²) in [6.45, 7) is 1.35. The third kappa shape index (κ3) is 3.61. The van der Waals surface area contributed by atoms with Crippen molar-refractivity contribution in [3.05, 3.63) is 33.8 Å². The fourth-order valence-corrected chi connectivity index (χ4v) is 2.49. The summed E-state index contributed by atoms with van der Waals surface area (Å²) in [5, 5.41) is 3.89. The maximum atomic E-state index is 11.8. The molecular weight excluding hydrogens is 273 g/mol. The largest absolute Gasteiger partial charge is 0.376 e. The molecule has 1 atom stereocenters. The molecule has 5 heteroatoms. The average Bonchev–Trinajstić information content (AvgIpc) is 2.84. The number of carbonyl (C=O) groups excluding carboxylic acids is 1. The second kappa shape index (κ2) is 6.41. The summed E-state index contributed by atoms with van der Waals surface area (Å²) in [5.74, 6) is -0.0829. The first-order valence-corrected chi connectivity index (χ1v) is 6.73. The van der Waals surface area contributed by atoms with Gasteiger partial charge in [0.15, 0.2) is 0 Å². The Bertz CT molecular complexity index is 411. The minimum absolute atomic E-state index is 0.0829. The minimum atomic E-state index is -0.0829. The van der Waals surface area contributed by atoms with Crippen LogP contribution in [0.25, 0.3) is 0 Å². The standard InChI is InChI=1S/C13H15Cl2NO2/c14-11-4-1-5-12(15)10(11)7-13(17)16-8-9-3-2-6-18-9/h1,4-5,9H,2-3,6-8H2,(H,16,17)/t9-/m1/s1. The van der Waals surface area contributed by atoms with Crippen LogP contribution in [0.5, 0.6) is 0 Å². The lowest BCUT2D eigenvalue weighted by molar-refractivity contribution is -0.120. The van der Waals surface area contributed by atoms with Gasteiger partial charge < -0.3 is 10.1 Å². The van der Waals surface area contributed by atoms with Crippen molar-refractivity contribution in [1.29, 1.82) is 0 Å². The molecule has 1 heterocycles. The van der Waals surface area contributed by atoms with Crippen molar-refractivity contribution in [3.63, 3.8) is 0 Å². The summed E-state index contributed by atoms with van der Waals surface area (Å²) in [7, 11) is 0. The molecule has 1 aromatic carbocycles. The van der Waals surface area contributed by atoms with Crippen molar-refractivity contribution < 1.29 is 9.53 Å². The van der Waals surface area contributed by atoms with Gasteiger partial charge in [-0.05, 0) is 30.5 Å². The Balaban J connectivity index is 1.86. The van der Waals surface area contributed by atoms with E-state index >= 15 is 0 Å². The van der Waals surface area contributed by atoms with Gasteiger partial charge in [-0.3, -0.25) is 4.79 Å². The van der Waals surface area contributed by atoms with Crippen molar-refractivity contribution in [1.82, 2.24) is 5.32 Å². The number of amides is 1. The molecule has 1 saturated heterocycles. The highest BCUT2D eigenvalue weighted by atomic mass is 35.5. The molecule has 0 unspecified atom stereocenters. The average molecular weight is 288 g/mol. The van der Waals surface area contributed by atoms with E-state index in [0.29, 0.717) is 22.2 Å². The van der Waals surface area contributed by atoms with E-state index in [1.807, 2.05) is 0 Å². The number of benzene rings is 1. The van der Waals surface area contributed by atoms with E-state index in [-0.39, 0.29) is 18.4 Å². The van der Waals surface area contributed by atoms with Gasteiger partial charge in [0.05, 0.1) is 12.5 Å². The Morgan fingerprint density at radius 2 is 2.11 bits per heavy atom. The first kappa shape index (κ1) is 13.7. The number of nitrogens with one attached hydrogen (secondary N) is 1. The molecule has 1 aliphatic rings. The molecular formula is C13H15Cl2NO2. The third-order valence-electron chi connectivity index (χ3n) is 2.95. The van der Waals surface area contributed by atoms with Gasteiger partial charge in [-0.15, -0.1) is 0 Å². The van der Waals surface area contributed by atoms with Crippen LogP contribution in [0.4, 0.5) is 0 Å². The molecule has 18 heavy (non-hydrogen) atoms. The summed E-state index contributed by atoms with van der Waals surface area (Å²) in [6.07, 6.45) is 2.42. The molecule has 1 N–H and O–H groups in total. The smallest absolute Gasteiger partial charge is 0.224 e. The van der Waals surface area contributed by atoms with Gasteiger partial charge in [0.25, 0.3) is 0 Å². The Morgan fingerprint density at radius 3 is 2.72 bits per heavy atom. The van der Waals surface area contributed by atoms with Crippen molar-refractivity contribution in [2.24, 2.45) is 0 Å². The zero-order valence-corrected chi connectivity index (χ0v) is 11.4. The molecule has 1 aliphatic heterocycles. The van der Waals surface area contributed by atoms with Gasteiger partial charge in [0, 0.05) is 23.2 Å². The molecule has 2 rings (SSSR count). The van der Waals surface area contributed by atoms with Gasteiger partial charge >= 0.3 is 0 Å². The minimum Gasteiger partial charge on any atom is -0.376 e. The third-order valence-corrected chi connectivity index (χ3v) is 3.66. The topological polar surface area (TPSA) is 38.3 Å². The zero-order chi connectivity index (χ0) is 13.0. The van der Waals surface area contributed by atoms with Gasteiger partial charge in [-0.1, -0.05) is 29.3 Å². The first-order chi connectivity index (χ1) is 8.66. The maximum Gasteiger partial charge on any atom is 0.224 e. The fourth-order valence-electron chi connectivity index (χ4n) is 1.96. The highest BCUT2D eigenvalue weighted by molar-refractivity contribution is 6.36. The van der Waals surface area contributed by atoms with Crippen LogP contribution in [0.1, 0.15) is 18.4 Å². The second-order valence-electron chi connectivity index (χ2n) is 4.32.